The molecular weight excluding hydrogens is 382 g/mol. The van der Waals surface area contributed by atoms with Crippen molar-refractivity contribution in [3.63, 3.8) is 0 Å². The number of hydrogen-bond donors (Lipinski definition) is 4. The van der Waals surface area contributed by atoms with E-state index in [1.54, 1.807) is 0 Å². The van der Waals surface area contributed by atoms with Crippen LogP contribution in [0.5, 0.6) is 0 Å². The highest BCUT2D eigenvalue weighted by molar-refractivity contribution is 5.91. The van der Waals surface area contributed by atoms with Crippen molar-refractivity contribution in [3.05, 3.63) is 0 Å². The Morgan fingerprint density at radius 3 is 2.31 bits per heavy atom. The molecule has 1 aliphatic carbocycles. The number of hydroxylamine groups is 2. The topological polar surface area (TPSA) is 143 Å². The Labute approximate surface area is 167 Å². The molecule has 0 aromatic heterocycles. The summed E-state index contributed by atoms with van der Waals surface area (Å²) >= 11 is 0. The molecule has 4 fully saturated rings. The molecule has 4 rings (SSSR count). The van der Waals surface area contributed by atoms with Gasteiger partial charge in [-0.25, -0.2) is 14.7 Å². The molecule has 4 aliphatic rings. The van der Waals surface area contributed by atoms with Crippen LogP contribution in [0.3, 0.4) is 0 Å². The summed E-state index contributed by atoms with van der Waals surface area (Å²) in [5.41, 5.74) is 4.69. The molecule has 0 aromatic rings. The third-order valence-electron chi connectivity index (χ3n) is 6.58. The van der Waals surface area contributed by atoms with Crippen LogP contribution in [0.15, 0.2) is 0 Å². The lowest BCUT2D eigenvalue weighted by Crippen LogP contribution is -2.59. The van der Waals surface area contributed by atoms with Gasteiger partial charge >= 0.3 is 12.1 Å². The third kappa shape index (κ3) is 3.96. The molecule has 3 aliphatic heterocycles. The van der Waals surface area contributed by atoms with E-state index in [0.29, 0.717) is 42.7 Å². The summed E-state index contributed by atoms with van der Waals surface area (Å²) in [5, 5.41) is 19.8. The second kappa shape index (κ2) is 7.69. The van der Waals surface area contributed by atoms with Crippen LogP contribution in [0.4, 0.5) is 9.59 Å². The predicted molar refractivity (Wildman–Crippen MR) is 97.4 cm³/mol. The summed E-state index contributed by atoms with van der Waals surface area (Å²) < 4.78 is 0. The molecule has 1 saturated carbocycles. The summed E-state index contributed by atoms with van der Waals surface area (Å²) in [6, 6.07) is -2.55. The van der Waals surface area contributed by atoms with E-state index in [9.17, 15) is 29.5 Å². The van der Waals surface area contributed by atoms with Gasteiger partial charge in [0.2, 0.25) is 0 Å². The van der Waals surface area contributed by atoms with Gasteiger partial charge in [0.1, 0.15) is 12.1 Å². The predicted octanol–water partition coefficient (Wildman–Crippen LogP) is 0.350. The van der Waals surface area contributed by atoms with Crippen molar-refractivity contribution >= 4 is 23.9 Å². The van der Waals surface area contributed by atoms with E-state index >= 15 is 0 Å². The fourth-order valence-corrected chi connectivity index (χ4v) is 4.77. The van der Waals surface area contributed by atoms with Gasteiger partial charge in [-0.15, -0.1) is 0 Å². The van der Waals surface area contributed by atoms with Gasteiger partial charge in [0.05, 0.1) is 6.04 Å². The van der Waals surface area contributed by atoms with E-state index in [0.717, 1.165) is 17.7 Å². The van der Waals surface area contributed by atoms with Gasteiger partial charge in [0.25, 0.3) is 11.8 Å². The highest BCUT2D eigenvalue weighted by Crippen LogP contribution is 2.39. The first-order chi connectivity index (χ1) is 13.8. The third-order valence-corrected chi connectivity index (χ3v) is 6.58. The number of piperidine rings is 2. The molecule has 2 unspecified atom stereocenters. The first-order valence-electron chi connectivity index (χ1n) is 10.2. The fraction of sp³-hybridized carbons (Fsp3) is 0.778. The first kappa shape index (κ1) is 19.7. The zero-order chi connectivity index (χ0) is 20.7. The number of hydrazine groups is 1. The van der Waals surface area contributed by atoms with Crippen LogP contribution in [0.1, 0.15) is 44.9 Å². The van der Waals surface area contributed by atoms with Crippen LogP contribution in [-0.4, -0.2) is 80.3 Å². The summed E-state index contributed by atoms with van der Waals surface area (Å²) in [7, 11) is 0. The molecule has 11 nitrogen and oxygen atoms in total. The van der Waals surface area contributed by atoms with E-state index < -0.39 is 36.0 Å². The maximum Gasteiger partial charge on any atom is 0.407 e. The van der Waals surface area contributed by atoms with Crippen molar-refractivity contribution in [2.75, 3.05) is 13.1 Å². The Balaban J connectivity index is 1.34. The van der Waals surface area contributed by atoms with Crippen LogP contribution in [0, 0.1) is 11.8 Å². The lowest BCUT2D eigenvalue weighted by atomic mass is 9.86. The van der Waals surface area contributed by atoms with Gasteiger partial charge in [0.15, 0.2) is 0 Å². The van der Waals surface area contributed by atoms with Crippen molar-refractivity contribution < 1.29 is 29.5 Å². The number of amides is 5. The minimum absolute atomic E-state index is 0.264. The maximum atomic E-state index is 12.7. The van der Waals surface area contributed by atoms with Gasteiger partial charge in [-0.1, -0.05) is 12.8 Å². The summed E-state index contributed by atoms with van der Waals surface area (Å²) in [6.07, 6.45) is 4.33. The van der Waals surface area contributed by atoms with Gasteiger partial charge in [-0.3, -0.25) is 30.5 Å². The van der Waals surface area contributed by atoms with E-state index in [2.05, 4.69) is 10.9 Å². The Hall–Kier alpha value is -2.56. The number of urea groups is 1. The van der Waals surface area contributed by atoms with Gasteiger partial charge in [0, 0.05) is 13.1 Å². The summed E-state index contributed by atoms with van der Waals surface area (Å²) in [5.74, 6) is -0.115. The Bertz CT molecular complexity index is 713. The maximum absolute atomic E-state index is 12.7. The zero-order valence-electron chi connectivity index (χ0n) is 16.1. The second-order valence-corrected chi connectivity index (χ2v) is 8.57. The molecule has 3 saturated heterocycles. The molecule has 2 bridgehead atoms. The number of likely N-dealkylation sites (tertiary alicyclic amines) is 1. The average Bonchev–Trinajstić information content (AvgIpc) is 3.50. The molecule has 11 heteroatoms. The fourth-order valence-electron chi connectivity index (χ4n) is 4.77. The first-order valence-corrected chi connectivity index (χ1v) is 10.2. The molecule has 3 heterocycles. The highest BCUT2D eigenvalue weighted by atomic mass is 16.5. The number of rotatable bonds is 4. The molecule has 0 radical (unpaired) electrons. The lowest BCUT2D eigenvalue weighted by Gasteiger charge is -2.37. The number of fused-ring (bicyclic) bond motifs is 2. The SMILES string of the molecule is O=C(NNC(=O)[C@@H]1CC[C@@H]2CN1C(=O)N2O)C1CC(CC2CC2)CCN1C(=O)O. The highest BCUT2D eigenvalue weighted by Gasteiger charge is 2.47. The molecule has 29 heavy (non-hydrogen) atoms. The minimum atomic E-state index is -1.15. The largest absolute Gasteiger partial charge is 0.465 e. The quantitative estimate of drug-likeness (QED) is 0.390. The molecule has 4 N–H and O–H groups in total. The standard InChI is InChI=1S/C18H27N5O6/c24-15(13-4-3-12-9-22(13)17(26)23(12)29)19-20-16(25)14-8-11(7-10-1-2-10)5-6-21(14)18(27)28/h10-14,29H,1-9H2,(H,19,24)(H,20,25)(H,27,28)/t11?,12-,13+,14?/m1/s1. The van der Waals surface area contributed by atoms with E-state index in [4.69, 9.17) is 0 Å². The number of carboxylic acid groups (broad SMARTS) is 1. The van der Waals surface area contributed by atoms with Crippen LogP contribution in [-0.2, 0) is 9.59 Å². The van der Waals surface area contributed by atoms with Gasteiger partial charge in [-0.05, 0) is 43.9 Å². The molecule has 0 aromatic carbocycles. The Morgan fingerprint density at radius 1 is 0.966 bits per heavy atom. The van der Waals surface area contributed by atoms with Crippen molar-refractivity contribution in [2.24, 2.45) is 11.8 Å². The zero-order valence-corrected chi connectivity index (χ0v) is 16.1. The van der Waals surface area contributed by atoms with Crippen molar-refractivity contribution in [1.29, 1.82) is 0 Å². The number of nitrogens with zero attached hydrogens (tertiary/aromatic N) is 3. The van der Waals surface area contributed by atoms with Crippen molar-refractivity contribution in [2.45, 2.75) is 63.1 Å². The van der Waals surface area contributed by atoms with Crippen molar-refractivity contribution in [3.8, 4) is 0 Å². The van der Waals surface area contributed by atoms with E-state index in [-0.39, 0.29) is 12.6 Å². The summed E-state index contributed by atoms with van der Waals surface area (Å²) in [4.78, 5) is 51.1. The number of hydrogen-bond acceptors (Lipinski definition) is 5. The molecular formula is C18H27N5O6. The van der Waals surface area contributed by atoms with Crippen LogP contribution < -0.4 is 10.9 Å². The number of nitrogens with one attached hydrogen (secondary N) is 2. The molecule has 5 amide bonds. The van der Waals surface area contributed by atoms with Crippen molar-refractivity contribution in [1.82, 2.24) is 25.7 Å². The van der Waals surface area contributed by atoms with E-state index in [1.165, 1.54) is 17.7 Å². The minimum Gasteiger partial charge on any atom is -0.465 e. The lowest BCUT2D eigenvalue weighted by molar-refractivity contribution is -0.135. The number of carbonyl (C=O) groups is 4. The normalized spacial score (nSPS) is 31.6. The van der Waals surface area contributed by atoms with Gasteiger partial charge < -0.3 is 10.0 Å². The second-order valence-electron chi connectivity index (χ2n) is 8.57. The number of carbonyl (C=O) groups excluding carboxylic acids is 3. The van der Waals surface area contributed by atoms with Crippen LogP contribution in [0.2, 0.25) is 0 Å². The van der Waals surface area contributed by atoms with Crippen LogP contribution in [0.25, 0.3) is 0 Å². The molecule has 4 atom stereocenters. The summed E-state index contributed by atoms with van der Waals surface area (Å²) in [6.45, 7) is 0.566. The Morgan fingerprint density at radius 2 is 1.66 bits per heavy atom. The average molecular weight is 409 g/mol. The molecule has 0 spiro atoms. The monoisotopic (exact) mass is 409 g/mol. The molecule has 160 valence electrons. The van der Waals surface area contributed by atoms with Gasteiger partial charge in [-0.2, -0.15) is 0 Å². The Kier molecular flexibility index (Phi) is 5.24. The van der Waals surface area contributed by atoms with E-state index in [1.807, 2.05) is 0 Å². The smallest absolute Gasteiger partial charge is 0.407 e. The van der Waals surface area contributed by atoms with Crippen LogP contribution >= 0.6 is 0 Å².